The SMILES string of the molecule is CCc1nc2ccc(C(=O)O)cc2n1CCCC(C)CO. The van der Waals surface area contributed by atoms with Crippen molar-refractivity contribution in [3.05, 3.63) is 29.6 Å². The first-order valence-corrected chi connectivity index (χ1v) is 7.40. The Morgan fingerprint density at radius 1 is 1.43 bits per heavy atom. The minimum Gasteiger partial charge on any atom is -0.478 e. The molecule has 0 saturated carbocycles. The maximum atomic E-state index is 11.1. The van der Waals surface area contributed by atoms with Crippen molar-refractivity contribution in [1.29, 1.82) is 0 Å². The highest BCUT2D eigenvalue weighted by molar-refractivity contribution is 5.92. The number of nitrogens with zero attached hydrogens (tertiary/aromatic N) is 2. The van der Waals surface area contributed by atoms with E-state index in [1.807, 2.05) is 13.8 Å². The molecule has 1 heterocycles. The minimum absolute atomic E-state index is 0.203. The van der Waals surface area contributed by atoms with Crippen LogP contribution in [0.15, 0.2) is 18.2 Å². The molecule has 5 nitrogen and oxygen atoms in total. The zero-order valence-corrected chi connectivity index (χ0v) is 12.5. The van der Waals surface area contributed by atoms with Crippen LogP contribution in [0.4, 0.5) is 0 Å². The lowest BCUT2D eigenvalue weighted by Crippen LogP contribution is -2.07. The van der Waals surface area contributed by atoms with E-state index in [9.17, 15) is 4.79 Å². The van der Waals surface area contributed by atoms with Crippen molar-refractivity contribution in [2.24, 2.45) is 5.92 Å². The van der Waals surface area contributed by atoms with Crippen molar-refractivity contribution < 1.29 is 15.0 Å². The number of aliphatic hydroxyl groups excluding tert-OH is 1. The topological polar surface area (TPSA) is 75.3 Å². The summed E-state index contributed by atoms with van der Waals surface area (Å²) < 4.78 is 2.10. The first-order chi connectivity index (χ1) is 10.1. The van der Waals surface area contributed by atoms with Crippen molar-refractivity contribution in [3.8, 4) is 0 Å². The number of hydrogen-bond acceptors (Lipinski definition) is 3. The van der Waals surface area contributed by atoms with E-state index in [2.05, 4.69) is 9.55 Å². The van der Waals surface area contributed by atoms with Gasteiger partial charge in [-0.1, -0.05) is 13.8 Å². The molecule has 1 aromatic carbocycles. The van der Waals surface area contributed by atoms with Crippen LogP contribution in [0.25, 0.3) is 11.0 Å². The first kappa shape index (κ1) is 15.5. The van der Waals surface area contributed by atoms with E-state index >= 15 is 0 Å². The van der Waals surface area contributed by atoms with Crippen LogP contribution in [0, 0.1) is 5.92 Å². The second-order valence-corrected chi connectivity index (χ2v) is 5.47. The van der Waals surface area contributed by atoms with Gasteiger partial charge in [0, 0.05) is 19.6 Å². The van der Waals surface area contributed by atoms with Crippen LogP contribution >= 0.6 is 0 Å². The quantitative estimate of drug-likeness (QED) is 0.822. The summed E-state index contributed by atoms with van der Waals surface area (Å²) >= 11 is 0. The molecule has 0 fully saturated rings. The number of fused-ring (bicyclic) bond motifs is 1. The van der Waals surface area contributed by atoms with Gasteiger partial charge in [0.1, 0.15) is 5.82 Å². The Morgan fingerprint density at radius 3 is 2.81 bits per heavy atom. The zero-order chi connectivity index (χ0) is 15.4. The molecule has 0 amide bonds. The third-order valence-electron chi connectivity index (χ3n) is 3.78. The summed E-state index contributed by atoms with van der Waals surface area (Å²) in [6.45, 7) is 5.07. The van der Waals surface area contributed by atoms with Gasteiger partial charge in [0.15, 0.2) is 0 Å². The number of benzene rings is 1. The fourth-order valence-electron chi connectivity index (χ4n) is 2.51. The lowest BCUT2D eigenvalue weighted by atomic mass is 10.1. The van der Waals surface area contributed by atoms with Crippen LogP contribution in [0.5, 0.6) is 0 Å². The Hall–Kier alpha value is -1.88. The van der Waals surface area contributed by atoms with Crippen molar-refractivity contribution in [2.45, 2.75) is 39.7 Å². The molecule has 1 atom stereocenters. The Labute approximate surface area is 124 Å². The second-order valence-electron chi connectivity index (χ2n) is 5.47. The summed E-state index contributed by atoms with van der Waals surface area (Å²) in [6, 6.07) is 5.05. The second kappa shape index (κ2) is 6.72. The number of aromatic nitrogens is 2. The van der Waals surface area contributed by atoms with Gasteiger partial charge in [-0.2, -0.15) is 0 Å². The molecule has 0 spiro atoms. The molecule has 0 saturated heterocycles. The molecular formula is C16H22N2O3. The summed E-state index contributed by atoms with van der Waals surface area (Å²) in [7, 11) is 0. The number of carboxylic acid groups (broad SMARTS) is 1. The Kier molecular flexibility index (Phi) is 4.96. The highest BCUT2D eigenvalue weighted by Crippen LogP contribution is 2.20. The lowest BCUT2D eigenvalue weighted by molar-refractivity contribution is 0.0697. The number of aliphatic hydroxyl groups is 1. The van der Waals surface area contributed by atoms with Crippen LogP contribution in [0.2, 0.25) is 0 Å². The molecule has 2 N–H and O–H groups in total. The molecule has 114 valence electrons. The van der Waals surface area contributed by atoms with E-state index in [-0.39, 0.29) is 12.2 Å². The summed E-state index contributed by atoms with van der Waals surface area (Å²) in [4.78, 5) is 15.7. The first-order valence-electron chi connectivity index (χ1n) is 7.40. The molecule has 0 aliphatic rings. The predicted octanol–water partition coefficient (Wildman–Crippen LogP) is 2.71. The van der Waals surface area contributed by atoms with Crippen molar-refractivity contribution in [1.82, 2.24) is 9.55 Å². The van der Waals surface area contributed by atoms with Gasteiger partial charge in [0.25, 0.3) is 0 Å². The molecule has 1 unspecified atom stereocenters. The molecule has 2 aromatic rings. The monoisotopic (exact) mass is 290 g/mol. The number of aromatic carboxylic acids is 1. The molecular weight excluding hydrogens is 268 g/mol. The van der Waals surface area contributed by atoms with E-state index < -0.39 is 5.97 Å². The van der Waals surface area contributed by atoms with Crippen LogP contribution < -0.4 is 0 Å². The molecule has 0 aliphatic carbocycles. The van der Waals surface area contributed by atoms with Gasteiger partial charge >= 0.3 is 5.97 Å². The number of carbonyl (C=O) groups is 1. The highest BCUT2D eigenvalue weighted by atomic mass is 16.4. The molecule has 0 aliphatic heterocycles. The normalized spacial score (nSPS) is 12.7. The summed E-state index contributed by atoms with van der Waals surface area (Å²) in [5.41, 5.74) is 2.01. The Balaban J connectivity index is 2.30. The fourth-order valence-corrected chi connectivity index (χ4v) is 2.51. The highest BCUT2D eigenvalue weighted by Gasteiger charge is 2.12. The Bertz CT molecular complexity index is 634. The molecule has 0 bridgehead atoms. The van der Waals surface area contributed by atoms with Crippen LogP contribution in [-0.4, -0.2) is 32.3 Å². The number of aryl methyl sites for hydroxylation is 2. The van der Waals surface area contributed by atoms with E-state index in [1.165, 1.54) is 0 Å². The van der Waals surface area contributed by atoms with Crippen LogP contribution in [0.1, 0.15) is 42.9 Å². The molecule has 1 aromatic heterocycles. The van der Waals surface area contributed by atoms with Gasteiger partial charge in [0.05, 0.1) is 16.6 Å². The average Bonchev–Trinajstić information content (AvgIpc) is 2.84. The van der Waals surface area contributed by atoms with Gasteiger partial charge in [-0.25, -0.2) is 9.78 Å². The molecule has 5 heteroatoms. The summed E-state index contributed by atoms with van der Waals surface area (Å²) in [5, 5.41) is 18.2. The van der Waals surface area contributed by atoms with Gasteiger partial charge in [-0.15, -0.1) is 0 Å². The van der Waals surface area contributed by atoms with Crippen LogP contribution in [0.3, 0.4) is 0 Å². The van der Waals surface area contributed by atoms with Gasteiger partial charge < -0.3 is 14.8 Å². The number of imidazole rings is 1. The maximum Gasteiger partial charge on any atom is 0.335 e. The lowest BCUT2D eigenvalue weighted by Gasteiger charge is -2.11. The van der Waals surface area contributed by atoms with E-state index in [0.29, 0.717) is 5.92 Å². The summed E-state index contributed by atoms with van der Waals surface area (Å²) in [6.07, 6.45) is 2.70. The number of carboxylic acids is 1. The Morgan fingerprint density at radius 2 is 2.19 bits per heavy atom. The van der Waals surface area contributed by atoms with Gasteiger partial charge in [-0.05, 0) is 37.0 Å². The van der Waals surface area contributed by atoms with Crippen molar-refractivity contribution in [3.63, 3.8) is 0 Å². The van der Waals surface area contributed by atoms with Crippen molar-refractivity contribution >= 4 is 17.0 Å². The minimum atomic E-state index is -0.920. The standard InChI is InChI=1S/C16H22N2O3/c1-3-15-17-13-7-6-12(16(20)21)9-14(13)18(15)8-4-5-11(2)10-19/h6-7,9,11,19H,3-5,8,10H2,1-2H3,(H,20,21). The third-order valence-corrected chi connectivity index (χ3v) is 3.78. The fraction of sp³-hybridized carbons (Fsp3) is 0.500. The largest absolute Gasteiger partial charge is 0.478 e. The predicted molar refractivity (Wildman–Crippen MR) is 81.6 cm³/mol. The van der Waals surface area contributed by atoms with Gasteiger partial charge in [0.2, 0.25) is 0 Å². The van der Waals surface area contributed by atoms with E-state index in [0.717, 1.165) is 42.7 Å². The average molecular weight is 290 g/mol. The number of hydrogen-bond donors (Lipinski definition) is 2. The van der Waals surface area contributed by atoms with E-state index in [4.69, 9.17) is 10.2 Å². The van der Waals surface area contributed by atoms with Crippen molar-refractivity contribution in [2.75, 3.05) is 6.61 Å². The molecule has 2 rings (SSSR count). The number of rotatable bonds is 7. The molecule has 0 radical (unpaired) electrons. The zero-order valence-electron chi connectivity index (χ0n) is 12.5. The van der Waals surface area contributed by atoms with Gasteiger partial charge in [-0.3, -0.25) is 0 Å². The maximum absolute atomic E-state index is 11.1. The van der Waals surface area contributed by atoms with Crippen LogP contribution in [-0.2, 0) is 13.0 Å². The smallest absolute Gasteiger partial charge is 0.335 e. The molecule has 21 heavy (non-hydrogen) atoms. The van der Waals surface area contributed by atoms with E-state index in [1.54, 1.807) is 18.2 Å². The third kappa shape index (κ3) is 3.42. The summed E-state index contributed by atoms with van der Waals surface area (Å²) in [5.74, 6) is 0.347.